The zero-order valence-electron chi connectivity index (χ0n) is 19.5. The van der Waals surface area contributed by atoms with Gasteiger partial charge in [0.25, 0.3) is 0 Å². The fourth-order valence-electron chi connectivity index (χ4n) is 4.67. The van der Waals surface area contributed by atoms with Crippen molar-refractivity contribution >= 4 is 11.6 Å². The molecule has 6 heteroatoms. The first-order chi connectivity index (χ1) is 14.3. The van der Waals surface area contributed by atoms with Gasteiger partial charge >= 0.3 is 0 Å². The quantitative estimate of drug-likeness (QED) is 0.527. The number of likely N-dealkylation sites (tertiary alicyclic amines) is 1. The molecule has 0 aliphatic carbocycles. The number of allylic oxidation sites excluding steroid dienone is 1. The van der Waals surface area contributed by atoms with E-state index in [1.54, 1.807) is 0 Å². The average molecular weight is 414 g/mol. The number of pyridine rings is 1. The molecule has 0 N–H and O–H groups in total. The second-order valence-electron chi connectivity index (χ2n) is 9.22. The summed E-state index contributed by atoms with van der Waals surface area (Å²) in [4.78, 5) is 27.0. The van der Waals surface area contributed by atoms with E-state index >= 15 is 0 Å². The Bertz CT molecular complexity index is 737. The Labute approximate surface area is 182 Å². The van der Waals surface area contributed by atoms with Gasteiger partial charge in [0, 0.05) is 64.1 Å². The van der Waals surface area contributed by atoms with Gasteiger partial charge in [-0.15, -0.1) is 0 Å². The number of carbonyl (C=O) groups excluding carboxylic acids is 1. The molecule has 2 saturated heterocycles. The lowest BCUT2D eigenvalue weighted by atomic mass is 10.0. The van der Waals surface area contributed by atoms with E-state index in [-0.39, 0.29) is 5.78 Å². The van der Waals surface area contributed by atoms with E-state index in [1.165, 1.54) is 25.9 Å². The van der Waals surface area contributed by atoms with Crippen LogP contribution in [0.15, 0.2) is 30.0 Å². The minimum atomic E-state index is -0.00101. The predicted octanol–water partition coefficient (Wildman–Crippen LogP) is 3.11. The number of piperidine rings is 1. The molecule has 0 unspecified atom stereocenters. The van der Waals surface area contributed by atoms with Crippen molar-refractivity contribution in [2.24, 2.45) is 0 Å². The number of rotatable bonds is 6. The van der Waals surface area contributed by atoms with Crippen LogP contribution in [0, 0.1) is 0 Å². The highest BCUT2D eigenvalue weighted by molar-refractivity contribution is 6.07. The molecule has 0 saturated carbocycles. The SMILES string of the molecule is C/C(=C\N(C)C)C(=O)c1cccc(N2CCCN(C3CCN(C(C)C)CC3)CC2)n1. The third kappa shape index (κ3) is 5.82. The third-order valence-electron chi connectivity index (χ3n) is 6.38. The minimum Gasteiger partial charge on any atom is -0.383 e. The summed E-state index contributed by atoms with van der Waals surface area (Å²) in [6.45, 7) is 13.1. The normalized spacial score (nSPS) is 20.5. The summed E-state index contributed by atoms with van der Waals surface area (Å²) >= 11 is 0. The standard InChI is InChI=1S/C24H39N5O/c1-19(2)27-14-10-21(11-15-27)28-12-7-13-29(17-16-28)23-9-6-8-22(25-23)24(30)20(3)18-26(4)5/h6,8-9,18-19,21H,7,10-17H2,1-5H3/b20-18+. The Morgan fingerprint density at radius 1 is 1.10 bits per heavy atom. The highest BCUT2D eigenvalue weighted by Crippen LogP contribution is 2.22. The Kier molecular flexibility index (Phi) is 7.89. The summed E-state index contributed by atoms with van der Waals surface area (Å²) in [7, 11) is 3.85. The Morgan fingerprint density at radius 3 is 2.50 bits per heavy atom. The summed E-state index contributed by atoms with van der Waals surface area (Å²) in [5.74, 6) is 0.925. The van der Waals surface area contributed by atoms with E-state index in [0.29, 0.717) is 23.4 Å². The monoisotopic (exact) mass is 413 g/mol. The van der Waals surface area contributed by atoms with E-state index in [9.17, 15) is 4.79 Å². The van der Waals surface area contributed by atoms with Crippen molar-refractivity contribution in [2.75, 3.05) is 58.3 Å². The zero-order chi connectivity index (χ0) is 21.7. The number of hydrogen-bond acceptors (Lipinski definition) is 6. The molecule has 0 bridgehead atoms. The van der Waals surface area contributed by atoms with Crippen LogP contribution in [0.25, 0.3) is 0 Å². The number of anilines is 1. The van der Waals surface area contributed by atoms with Gasteiger partial charge in [-0.3, -0.25) is 9.69 Å². The number of aromatic nitrogens is 1. The van der Waals surface area contributed by atoms with E-state index in [0.717, 1.165) is 38.4 Å². The molecule has 0 spiro atoms. The molecular weight excluding hydrogens is 374 g/mol. The summed E-state index contributed by atoms with van der Waals surface area (Å²) in [6.07, 6.45) is 5.55. The van der Waals surface area contributed by atoms with Gasteiger partial charge < -0.3 is 14.7 Å². The van der Waals surface area contributed by atoms with Crippen LogP contribution in [-0.4, -0.2) is 90.9 Å². The maximum absolute atomic E-state index is 12.7. The lowest BCUT2D eigenvalue weighted by Gasteiger charge is -2.39. The molecule has 0 atom stereocenters. The van der Waals surface area contributed by atoms with Crippen molar-refractivity contribution in [2.45, 2.75) is 52.1 Å². The van der Waals surface area contributed by atoms with E-state index < -0.39 is 0 Å². The molecule has 2 aliphatic rings. The Morgan fingerprint density at radius 2 is 1.83 bits per heavy atom. The second-order valence-corrected chi connectivity index (χ2v) is 9.22. The lowest BCUT2D eigenvalue weighted by molar-refractivity contribution is 0.0965. The summed E-state index contributed by atoms with van der Waals surface area (Å²) in [6, 6.07) is 7.19. The van der Waals surface area contributed by atoms with Crippen molar-refractivity contribution < 1.29 is 4.79 Å². The number of hydrogen-bond donors (Lipinski definition) is 0. The molecular formula is C24H39N5O. The van der Waals surface area contributed by atoms with E-state index in [1.807, 2.05) is 50.3 Å². The molecule has 3 heterocycles. The summed E-state index contributed by atoms with van der Waals surface area (Å²) in [5.41, 5.74) is 1.24. The van der Waals surface area contributed by atoms with Gasteiger partial charge in [0.15, 0.2) is 0 Å². The second kappa shape index (κ2) is 10.4. The lowest BCUT2D eigenvalue weighted by Crippen LogP contribution is -2.47. The first-order valence-electron chi connectivity index (χ1n) is 11.4. The molecule has 30 heavy (non-hydrogen) atoms. The van der Waals surface area contributed by atoms with Crippen LogP contribution in [0.2, 0.25) is 0 Å². The van der Waals surface area contributed by atoms with Gasteiger partial charge in [-0.2, -0.15) is 0 Å². The Balaban J connectivity index is 1.61. The van der Waals surface area contributed by atoms with Gasteiger partial charge in [0.2, 0.25) is 5.78 Å². The minimum absolute atomic E-state index is 0.00101. The van der Waals surface area contributed by atoms with Crippen LogP contribution in [-0.2, 0) is 0 Å². The molecule has 2 fully saturated rings. The van der Waals surface area contributed by atoms with Crippen LogP contribution in [0.1, 0.15) is 50.5 Å². The fraction of sp³-hybridized carbons (Fsp3) is 0.667. The fourth-order valence-corrected chi connectivity index (χ4v) is 4.67. The highest BCUT2D eigenvalue weighted by atomic mass is 16.1. The molecule has 0 radical (unpaired) electrons. The summed E-state index contributed by atoms with van der Waals surface area (Å²) in [5, 5.41) is 0. The molecule has 2 aliphatic heterocycles. The van der Waals surface area contributed by atoms with Crippen molar-refractivity contribution in [3.63, 3.8) is 0 Å². The predicted molar refractivity (Wildman–Crippen MR) is 124 cm³/mol. The Hall–Kier alpha value is -1.92. The first kappa shape index (κ1) is 22.8. The number of nitrogens with zero attached hydrogens (tertiary/aromatic N) is 5. The molecule has 3 rings (SSSR count). The topological polar surface area (TPSA) is 42.9 Å². The maximum atomic E-state index is 12.7. The van der Waals surface area contributed by atoms with Gasteiger partial charge in [-0.1, -0.05) is 6.07 Å². The van der Waals surface area contributed by atoms with Gasteiger partial charge in [0.05, 0.1) is 0 Å². The first-order valence-corrected chi connectivity index (χ1v) is 11.4. The number of carbonyl (C=O) groups is 1. The van der Waals surface area contributed by atoms with Crippen LogP contribution in [0.3, 0.4) is 0 Å². The van der Waals surface area contributed by atoms with Gasteiger partial charge in [-0.25, -0.2) is 4.98 Å². The van der Waals surface area contributed by atoms with Crippen LogP contribution in [0.5, 0.6) is 0 Å². The van der Waals surface area contributed by atoms with Crippen LogP contribution < -0.4 is 4.90 Å². The zero-order valence-corrected chi connectivity index (χ0v) is 19.5. The maximum Gasteiger partial charge on any atom is 0.208 e. The van der Waals surface area contributed by atoms with Gasteiger partial charge in [-0.05, 0) is 65.3 Å². The van der Waals surface area contributed by atoms with Crippen molar-refractivity contribution in [1.82, 2.24) is 19.7 Å². The highest BCUT2D eigenvalue weighted by Gasteiger charge is 2.27. The summed E-state index contributed by atoms with van der Waals surface area (Å²) < 4.78 is 0. The van der Waals surface area contributed by atoms with E-state index in [4.69, 9.17) is 4.98 Å². The van der Waals surface area contributed by atoms with Crippen LogP contribution >= 0.6 is 0 Å². The molecule has 1 aromatic heterocycles. The molecule has 1 aromatic rings. The number of Topliss-reactive ketones (excluding diaryl/α,β-unsaturated/α-hetero) is 1. The number of ketones is 1. The average Bonchev–Trinajstić information content (AvgIpc) is 2.99. The van der Waals surface area contributed by atoms with Crippen molar-refractivity contribution in [1.29, 1.82) is 0 Å². The smallest absolute Gasteiger partial charge is 0.208 e. The van der Waals surface area contributed by atoms with E-state index in [2.05, 4.69) is 28.5 Å². The molecule has 166 valence electrons. The largest absolute Gasteiger partial charge is 0.383 e. The van der Waals surface area contributed by atoms with Crippen molar-refractivity contribution in [3.05, 3.63) is 35.7 Å². The molecule has 6 nitrogen and oxygen atoms in total. The van der Waals surface area contributed by atoms with Crippen molar-refractivity contribution in [3.8, 4) is 0 Å². The molecule has 0 aromatic carbocycles. The third-order valence-corrected chi connectivity index (χ3v) is 6.38. The van der Waals surface area contributed by atoms with Gasteiger partial charge in [0.1, 0.15) is 11.5 Å². The van der Waals surface area contributed by atoms with Crippen LogP contribution in [0.4, 0.5) is 5.82 Å². The molecule has 0 amide bonds.